The molecule has 18 heavy (non-hydrogen) atoms. The molecule has 0 amide bonds. The molecule has 0 aliphatic heterocycles. The highest BCUT2D eigenvalue weighted by Gasteiger charge is 2.14. The number of nitrogens with one attached hydrogen (secondary N) is 1. The molecule has 0 aliphatic carbocycles. The quantitative estimate of drug-likeness (QED) is 0.921. The van der Waals surface area contributed by atoms with Crippen molar-refractivity contribution in [3.05, 3.63) is 38.4 Å². The highest BCUT2D eigenvalue weighted by atomic mass is 79.9. The van der Waals surface area contributed by atoms with Crippen molar-refractivity contribution < 1.29 is 0 Å². The molecule has 0 spiro atoms. The Morgan fingerprint density at radius 2 is 2.17 bits per heavy atom. The van der Waals surface area contributed by atoms with Crippen molar-refractivity contribution in [2.75, 3.05) is 12.4 Å². The Morgan fingerprint density at radius 3 is 2.72 bits per heavy atom. The van der Waals surface area contributed by atoms with Crippen molar-refractivity contribution >= 4 is 33.1 Å². The maximum absolute atomic E-state index is 4.66. The van der Waals surface area contributed by atoms with Gasteiger partial charge in [-0.25, -0.2) is 9.97 Å². The van der Waals surface area contributed by atoms with Crippen LogP contribution >= 0.6 is 27.3 Å². The van der Waals surface area contributed by atoms with E-state index in [0.29, 0.717) is 5.92 Å². The fraction of sp³-hybridized carbons (Fsp3) is 0.385. The molecule has 2 aromatic rings. The van der Waals surface area contributed by atoms with Crippen LogP contribution in [0, 0.1) is 0 Å². The lowest BCUT2D eigenvalue weighted by atomic mass is 10.1. The Kier molecular flexibility index (Phi) is 4.35. The minimum Gasteiger partial charge on any atom is -0.372 e. The number of halogens is 1. The van der Waals surface area contributed by atoms with E-state index >= 15 is 0 Å². The fourth-order valence-electron chi connectivity index (χ4n) is 1.71. The highest BCUT2D eigenvalue weighted by molar-refractivity contribution is 9.10. The normalized spacial score (nSPS) is 10.9. The predicted molar refractivity (Wildman–Crippen MR) is 80.5 cm³/mol. The molecule has 5 heteroatoms. The van der Waals surface area contributed by atoms with Gasteiger partial charge in [-0.2, -0.15) is 0 Å². The average Bonchev–Trinajstić information content (AvgIpc) is 2.83. The Bertz CT molecular complexity index is 523. The van der Waals surface area contributed by atoms with Crippen LogP contribution in [0.3, 0.4) is 0 Å². The first kappa shape index (κ1) is 13.5. The summed E-state index contributed by atoms with van der Waals surface area (Å²) in [6.07, 6.45) is 0.791. The molecule has 2 rings (SSSR count). The van der Waals surface area contributed by atoms with Crippen molar-refractivity contribution in [3.8, 4) is 0 Å². The first-order valence-electron chi connectivity index (χ1n) is 5.88. The highest BCUT2D eigenvalue weighted by Crippen LogP contribution is 2.29. The molecular weight excluding hydrogens is 310 g/mol. The first-order chi connectivity index (χ1) is 8.61. The van der Waals surface area contributed by atoms with Gasteiger partial charge in [0.2, 0.25) is 0 Å². The van der Waals surface area contributed by atoms with Crippen molar-refractivity contribution in [1.29, 1.82) is 0 Å². The lowest BCUT2D eigenvalue weighted by Gasteiger charge is -2.13. The van der Waals surface area contributed by atoms with E-state index in [-0.39, 0.29) is 0 Å². The zero-order valence-corrected chi connectivity index (χ0v) is 13.1. The van der Waals surface area contributed by atoms with Crippen molar-refractivity contribution in [2.45, 2.75) is 26.2 Å². The molecule has 2 heterocycles. The van der Waals surface area contributed by atoms with E-state index in [1.807, 2.05) is 7.05 Å². The van der Waals surface area contributed by atoms with Gasteiger partial charge in [-0.15, -0.1) is 11.3 Å². The minimum absolute atomic E-state index is 0.372. The number of nitrogens with zero attached hydrogens (tertiary/aromatic N) is 2. The van der Waals surface area contributed by atoms with Gasteiger partial charge in [0.25, 0.3) is 0 Å². The number of aromatic nitrogens is 2. The summed E-state index contributed by atoms with van der Waals surface area (Å²) >= 11 is 5.31. The molecule has 0 unspecified atom stereocenters. The van der Waals surface area contributed by atoms with E-state index in [1.54, 1.807) is 11.3 Å². The van der Waals surface area contributed by atoms with Gasteiger partial charge in [0, 0.05) is 18.3 Å². The summed E-state index contributed by atoms with van der Waals surface area (Å²) in [7, 11) is 1.88. The van der Waals surface area contributed by atoms with Gasteiger partial charge in [-0.3, -0.25) is 0 Å². The lowest BCUT2D eigenvalue weighted by Crippen LogP contribution is -2.07. The van der Waals surface area contributed by atoms with Gasteiger partial charge in [0.1, 0.15) is 11.6 Å². The van der Waals surface area contributed by atoms with Crippen molar-refractivity contribution in [1.82, 2.24) is 9.97 Å². The Hall–Kier alpha value is -0.940. The summed E-state index contributed by atoms with van der Waals surface area (Å²) in [6, 6.07) is 4.17. The molecule has 0 aromatic carbocycles. The average molecular weight is 326 g/mol. The number of anilines is 1. The second kappa shape index (κ2) is 5.80. The van der Waals surface area contributed by atoms with Crippen LogP contribution in [-0.4, -0.2) is 17.0 Å². The SMILES string of the molecule is CNc1nc(Cc2cccs2)nc(C(C)C)c1Br. The maximum atomic E-state index is 4.66. The molecule has 0 atom stereocenters. The minimum atomic E-state index is 0.372. The standard InChI is InChI=1S/C13H16BrN3S/c1-8(2)12-11(14)13(15-3)17-10(16-12)7-9-5-4-6-18-9/h4-6,8H,7H2,1-3H3,(H,15,16,17). The monoisotopic (exact) mass is 325 g/mol. The summed E-state index contributed by atoms with van der Waals surface area (Å²) in [5.41, 5.74) is 1.06. The van der Waals surface area contributed by atoms with Gasteiger partial charge in [-0.1, -0.05) is 19.9 Å². The van der Waals surface area contributed by atoms with Crippen LogP contribution in [0.25, 0.3) is 0 Å². The van der Waals surface area contributed by atoms with Crippen LogP contribution < -0.4 is 5.32 Å². The molecule has 1 N–H and O–H groups in total. The fourth-order valence-corrected chi connectivity index (χ4v) is 3.24. The second-order valence-electron chi connectivity index (χ2n) is 4.35. The zero-order valence-electron chi connectivity index (χ0n) is 10.7. The van der Waals surface area contributed by atoms with Gasteiger partial charge >= 0.3 is 0 Å². The summed E-state index contributed by atoms with van der Waals surface area (Å²) in [5, 5.41) is 5.20. The van der Waals surface area contributed by atoms with E-state index in [4.69, 9.17) is 0 Å². The van der Waals surface area contributed by atoms with E-state index in [0.717, 1.165) is 28.2 Å². The predicted octanol–water partition coefficient (Wildman–Crippen LogP) is 4.06. The molecule has 96 valence electrons. The van der Waals surface area contributed by atoms with Crippen LogP contribution in [-0.2, 0) is 6.42 Å². The molecule has 0 bridgehead atoms. The lowest BCUT2D eigenvalue weighted by molar-refractivity contribution is 0.786. The molecule has 0 aliphatic rings. The van der Waals surface area contributed by atoms with E-state index in [1.165, 1.54) is 4.88 Å². The van der Waals surface area contributed by atoms with Gasteiger partial charge in [0.15, 0.2) is 0 Å². The molecule has 0 fully saturated rings. The number of thiophene rings is 1. The van der Waals surface area contributed by atoms with Gasteiger partial charge in [0.05, 0.1) is 10.2 Å². The van der Waals surface area contributed by atoms with Crippen LogP contribution in [0.2, 0.25) is 0 Å². The number of rotatable bonds is 4. The van der Waals surface area contributed by atoms with Gasteiger partial charge < -0.3 is 5.32 Å². The largest absolute Gasteiger partial charge is 0.372 e. The van der Waals surface area contributed by atoms with Crippen LogP contribution in [0.1, 0.15) is 36.2 Å². The zero-order chi connectivity index (χ0) is 13.1. The molecule has 0 radical (unpaired) electrons. The Balaban J connectivity index is 2.39. The molecular formula is C13H16BrN3S. The summed E-state index contributed by atoms with van der Waals surface area (Å²) in [5.74, 6) is 2.10. The molecule has 3 nitrogen and oxygen atoms in total. The third-order valence-corrected chi connectivity index (χ3v) is 4.28. The Labute approximate surface area is 120 Å². The smallest absolute Gasteiger partial charge is 0.144 e. The van der Waals surface area contributed by atoms with Crippen LogP contribution in [0.15, 0.2) is 22.0 Å². The Morgan fingerprint density at radius 1 is 1.39 bits per heavy atom. The van der Waals surface area contributed by atoms with Crippen LogP contribution in [0.4, 0.5) is 5.82 Å². The number of hydrogen-bond acceptors (Lipinski definition) is 4. The summed E-state index contributed by atoms with van der Waals surface area (Å²) < 4.78 is 0.968. The third kappa shape index (κ3) is 2.90. The second-order valence-corrected chi connectivity index (χ2v) is 6.17. The van der Waals surface area contributed by atoms with Crippen molar-refractivity contribution in [2.24, 2.45) is 0 Å². The van der Waals surface area contributed by atoms with E-state index in [9.17, 15) is 0 Å². The topological polar surface area (TPSA) is 37.8 Å². The summed E-state index contributed by atoms with van der Waals surface area (Å²) in [6.45, 7) is 4.28. The molecule has 2 aromatic heterocycles. The summed E-state index contributed by atoms with van der Waals surface area (Å²) in [4.78, 5) is 10.5. The van der Waals surface area contributed by atoms with E-state index < -0.39 is 0 Å². The molecule has 0 saturated heterocycles. The number of hydrogen-bond donors (Lipinski definition) is 1. The first-order valence-corrected chi connectivity index (χ1v) is 7.55. The van der Waals surface area contributed by atoms with Crippen LogP contribution in [0.5, 0.6) is 0 Å². The van der Waals surface area contributed by atoms with Crippen molar-refractivity contribution in [3.63, 3.8) is 0 Å². The van der Waals surface area contributed by atoms with Gasteiger partial charge in [-0.05, 0) is 33.3 Å². The molecule has 0 saturated carbocycles. The van der Waals surface area contributed by atoms with E-state index in [2.05, 4.69) is 62.6 Å². The third-order valence-electron chi connectivity index (χ3n) is 2.62. The maximum Gasteiger partial charge on any atom is 0.144 e.